The highest BCUT2D eigenvalue weighted by Crippen LogP contribution is 2.28. The van der Waals surface area contributed by atoms with Gasteiger partial charge in [-0.3, -0.25) is 9.59 Å². The Bertz CT molecular complexity index is 1350. The molecule has 3 aromatic carbocycles. The van der Waals surface area contributed by atoms with Gasteiger partial charge in [-0.15, -0.1) is 0 Å². The second-order valence-electron chi connectivity index (χ2n) is 11.7. The van der Waals surface area contributed by atoms with Gasteiger partial charge in [0.05, 0.1) is 6.61 Å². The van der Waals surface area contributed by atoms with E-state index in [2.05, 4.69) is 17.6 Å². The number of fused-ring (bicyclic) bond motifs is 1. The summed E-state index contributed by atoms with van der Waals surface area (Å²) in [5, 5.41) is 27.5. The average Bonchev–Trinajstić information content (AvgIpc) is 2.96. The number of aromatic hydroxyl groups is 1. The SMILES string of the molecule is CCCCCCCCN(C(=O)C(CO)NC(=O)OC(C)(C)C)C(C(=O)Nc1ccc2ccccc2c1)c1ccc(O)cc1. The first kappa shape index (κ1) is 33.4. The van der Waals surface area contributed by atoms with Crippen molar-refractivity contribution in [1.29, 1.82) is 0 Å². The number of amides is 3. The maximum Gasteiger partial charge on any atom is 0.408 e. The van der Waals surface area contributed by atoms with Crippen LogP contribution in [0.1, 0.15) is 77.8 Å². The number of phenolic OH excluding ortho intramolecular Hbond substituents is 1. The predicted molar refractivity (Wildman–Crippen MR) is 169 cm³/mol. The van der Waals surface area contributed by atoms with Crippen LogP contribution in [0, 0.1) is 0 Å². The summed E-state index contributed by atoms with van der Waals surface area (Å²) in [7, 11) is 0. The Morgan fingerprint density at radius 2 is 1.53 bits per heavy atom. The van der Waals surface area contributed by atoms with Crippen molar-refractivity contribution in [2.45, 2.75) is 83.9 Å². The van der Waals surface area contributed by atoms with Crippen molar-refractivity contribution < 1.29 is 29.3 Å². The van der Waals surface area contributed by atoms with E-state index in [-0.39, 0.29) is 12.3 Å². The zero-order valence-electron chi connectivity index (χ0n) is 25.6. The summed E-state index contributed by atoms with van der Waals surface area (Å²) in [6.07, 6.45) is 4.92. The minimum Gasteiger partial charge on any atom is -0.508 e. The Hall–Kier alpha value is -4.11. The third kappa shape index (κ3) is 10.3. The van der Waals surface area contributed by atoms with Crippen LogP contribution in [0.4, 0.5) is 10.5 Å². The Morgan fingerprint density at radius 3 is 2.19 bits per heavy atom. The number of hydrogen-bond acceptors (Lipinski definition) is 6. The van der Waals surface area contributed by atoms with Gasteiger partial charge in [-0.25, -0.2) is 4.79 Å². The van der Waals surface area contributed by atoms with Gasteiger partial charge in [0.2, 0.25) is 5.91 Å². The van der Waals surface area contributed by atoms with Crippen molar-refractivity contribution in [1.82, 2.24) is 10.2 Å². The van der Waals surface area contributed by atoms with Gasteiger partial charge in [-0.2, -0.15) is 0 Å². The molecule has 4 N–H and O–H groups in total. The molecule has 0 saturated carbocycles. The van der Waals surface area contributed by atoms with Crippen LogP contribution in [0.15, 0.2) is 66.7 Å². The van der Waals surface area contributed by atoms with Gasteiger partial charge in [0.15, 0.2) is 0 Å². The quantitative estimate of drug-likeness (QED) is 0.163. The average molecular weight is 592 g/mol. The van der Waals surface area contributed by atoms with E-state index in [4.69, 9.17) is 4.74 Å². The lowest BCUT2D eigenvalue weighted by Crippen LogP contribution is -2.54. The molecule has 0 aromatic heterocycles. The normalized spacial score (nSPS) is 12.8. The van der Waals surface area contributed by atoms with E-state index in [9.17, 15) is 24.6 Å². The zero-order chi connectivity index (χ0) is 31.4. The molecule has 232 valence electrons. The van der Waals surface area contributed by atoms with Gasteiger partial charge in [-0.05, 0) is 67.8 Å². The first-order valence-corrected chi connectivity index (χ1v) is 15.0. The fraction of sp³-hybridized carbons (Fsp3) is 0.441. The third-order valence-electron chi connectivity index (χ3n) is 6.99. The maximum atomic E-state index is 14.0. The van der Waals surface area contributed by atoms with Crippen LogP contribution in [0.25, 0.3) is 10.8 Å². The number of rotatable bonds is 14. The van der Waals surface area contributed by atoms with Gasteiger partial charge < -0.3 is 30.5 Å². The van der Waals surface area contributed by atoms with E-state index in [0.29, 0.717) is 17.7 Å². The van der Waals surface area contributed by atoms with Gasteiger partial charge in [0.25, 0.3) is 5.91 Å². The van der Waals surface area contributed by atoms with Crippen LogP contribution in [0.5, 0.6) is 5.75 Å². The van der Waals surface area contributed by atoms with E-state index < -0.39 is 42.2 Å². The summed E-state index contributed by atoms with van der Waals surface area (Å²) < 4.78 is 5.32. The molecule has 43 heavy (non-hydrogen) atoms. The summed E-state index contributed by atoms with van der Waals surface area (Å²) in [5.41, 5.74) is 0.231. The van der Waals surface area contributed by atoms with Crippen LogP contribution in [0.3, 0.4) is 0 Å². The molecule has 9 heteroatoms. The largest absolute Gasteiger partial charge is 0.508 e. The fourth-order valence-corrected chi connectivity index (χ4v) is 4.87. The Morgan fingerprint density at radius 1 is 0.884 bits per heavy atom. The summed E-state index contributed by atoms with van der Waals surface area (Å²) in [4.78, 5) is 42.0. The molecule has 0 spiro atoms. The lowest BCUT2D eigenvalue weighted by Gasteiger charge is -2.34. The van der Waals surface area contributed by atoms with Gasteiger partial charge in [-0.1, -0.05) is 81.5 Å². The van der Waals surface area contributed by atoms with E-state index in [1.165, 1.54) is 17.0 Å². The Balaban J connectivity index is 1.95. The molecule has 3 rings (SSSR count). The molecule has 0 fully saturated rings. The van der Waals surface area contributed by atoms with E-state index in [0.717, 1.165) is 42.9 Å². The molecule has 0 aliphatic carbocycles. The standard InChI is InChI=1S/C34H45N3O6/c1-5-6-7-8-9-12-21-37(32(41)29(23-38)36-33(42)43-34(2,3)4)30(25-16-19-28(39)20-17-25)31(40)35-27-18-15-24-13-10-11-14-26(24)22-27/h10-11,13-20,22,29-30,38-39H,5-9,12,21,23H2,1-4H3,(H,35,40)(H,36,42). The van der Waals surface area contributed by atoms with Gasteiger partial charge in [0, 0.05) is 12.2 Å². The summed E-state index contributed by atoms with van der Waals surface area (Å²) >= 11 is 0. The first-order chi connectivity index (χ1) is 20.5. The third-order valence-corrected chi connectivity index (χ3v) is 6.99. The van der Waals surface area contributed by atoms with Crippen molar-refractivity contribution in [3.05, 3.63) is 72.3 Å². The number of carbonyl (C=O) groups excluding carboxylic acids is 3. The van der Waals surface area contributed by atoms with Crippen molar-refractivity contribution in [2.24, 2.45) is 0 Å². The van der Waals surface area contributed by atoms with Crippen LogP contribution in [-0.2, 0) is 14.3 Å². The molecular formula is C34H45N3O6. The number of anilines is 1. The van der Waals surface area contributed by atoms with Crippen LogP contribution < -0.4 is 10.6 Å². The van der Waals surface area contributed by atoms with Gasteiger partial charge >= 0.3 is 6.09 Å². The van der Waals surface area contributed by atoms with E-state index in [1.54, 1.807) is 39.0 Å². The van der Waals surface area contributed by atoms with E-state index >= 15 is 0 Å². The summed E-state index contributed by atoms with van der Waals surface area (Å²) in [6.45, 7) is 6.78. The molecule has 0 saturated heterocycles. The number of nitrogens with one attached hydrogen (secondary N) is 2. The monoisotopic (exact) mass is 591 g/mol. The number of phenols is 1. The number of hydrogen-bond donors (Lipinski definition) is 4. The Kier molecular flexibility index (Phi) is 12.4. The molecule has 2 atom stereocenters. The molecule has 0 aliphatic rings. The fourth-order valence-electron chi connectivity index (χ4n) is 4.87. The van der Waals surface area contributed by atoms with Crippen LogP contribution >= 0.6 is 0 Å². The van der Waals surface area contributed by atoms with Crippen molar-refractivity contribution in [3.63, 3.8) is 0 Å². The van der Waals surface area contributed by atoms with Crippen molar-refractivity contribution in [2.75, 3.05) is 18.5 Å². The number of ether oxygens (including phenoxy) is 1. The lowest BCUT2D eigenvalue weighted by molar-refractivity contribution is -0.141. The first-order valence-electron chi connectivity index (χ1n) is 15.0. The Labute approximate surface area is 254 Å². The number of nitrogens with zero attached hydrogens (tertiary/aromatic N) is 1. The minimum atomic E-state index is -1.33. The second kappa shape index (κ2) is 15.9. The zero-order valence-corrected chi connectivity index (χ0v) is 25.6. The minimum absolute atomic E-state index is 0.0195. The summed E-state index contributed by atoms with van der Waals surface area (Å²) in [6, 6.07) is 17.0. The van der Waals surface area contributed by atoms with Crippen molar-refractivity contribution >= 4 is 34.4 Å². The van der Waals surface area contributed by atoms with Crippen molar-refractivity contribution in [3.8, 4) is 5.75 Å². The highest BCUT2D eigenvalue weighted by atomic mass is 16.6. The summed E-state index contributed by atoms with van der Waals surface area (Å²) in [5.74, 6) is -1.06. The molecular weight excluding hydrogens is 546 g/mol. The lowest BCUT2D eigenvalue weighted by atomic mass is 10.0. The smallest absolute Gasteiger partial charge is 0.408 e. The molecule has 3 amide bonds. The number of benzene rings is 3. The number of aliphatic hydroxyl groups is 1. The van der Waals surface area contributed by atoms with Gasteiger partial charge in [0.1, 0.15) is 23.4 Å². The topological polar surface area (TPSA) is 128 Å². The number of aliphatic hydroxyl groups excluding tert-OH is 1. The molecule has 0 heterocycles. The highest BCUT2D eigenvalue weighted by Gasteiger charge is 2.36. The second-order valence-corrected chi connectivity index (χ2v) is 11.7. The highest BCUT2D eigenvalue weighted by molar-refractivity contribution is 6.00. The molecule has 0 aliphatic heterocycles. The molecule has 9 nitrogen and oxygen atoms in total. The maximum absolute atomic E-state index is 14.0. The molecule has 0 radical (unpaired) electrons. The predicted octanol–water partition coefficient (Wildman–Crippen LogP) is 6.30. The molecule has 3 aromatic rings. The number of carbonyl (C=O) groups is 3. The molecule has 0 bridgehead atoms. The molecule has 2 unspecified atom stereocenters. The van der Waals surface area contributed by atoms with Crippen LogP contribution in [-0.4, -0.2) is 57.8 Å². The van der Waals surface area contributed by atoms with Crippen LogP contribution in [0.2, 0.25) is 0 Å². The number of unbranched alkanes of at least 4 members (excludes halogenated alkanes) is 5. The van der Waals surface area contributed by atoms with E-state index in [1.807, 2.05) is 36.4 Å². The number of alkyl carbamates (subject to hydrolysis) is 1.